The molecule has 0 saturated heterocycles. The molecule has 1 N–H and O–H groups in total. The molecule has 6 nitrogen and oxygen atoms in total. The minimum atomic E-state index is -1.25. The van der Waals surface area contributed by atoms with Gasteiger partial charge in [-0.2, -0.15) is 0 Å². The minimum Gasteiger partial charge on any atom is -0.490 e. The molecule has 2 aromatic rings. The Hall–Kier alpha value is -2.02. The van der Waals surface area contributed by atoms with Crippen LogP contribution in [0, 0.1) is 6.92 Å². The number of benzene rings is 1. The molecule has 0 atom stereocenters. The lowest BCUT2D eigenvalue weighted by molar-refractivity contribution is 0.0668. The largest absolute Gasteiger partial charge is 0.490 e. The second-order valence-corrected chi connectivity index (χ2v) is 14.0. The molecule has 1 aromatic heterocycles. The molecule has 0 radical (unpaired) electrons. The van der Waals surface area contributed by atoms with Crippen LogP contribution in [-0.4, -0.2) is 41.8 Å². The highest BCUT2D eigenvalue weighted by Gasteiger charge is 2.23. The maximum Gasteiger partial charge on any atom is 0.357 e. The molecular weight excluding hydrogens is 348 g/mol. The van der Waals surface area contributed by atoms with E-state index in [1.165, 1.54) is 17.7 Å². The molecule has 0 aliphatic heterocycles. The number of aromatic nitrogens is 2. The van der Waals surface area contributed by atoms with Gasteiger partial charge in [0.2, 0.25) is 0 Å². The van der Waals surface area contributed by atoms with Crippen LogP contribution in [-0.2, 0) is 0 Å². The Morgan fingerprint density at radius 3 is 2.62 bits per heavy atom. The lowest BCUT2D eigenvalue weighted by atomic mass is 10.1. The van der Waals surface area contributed by atoms with Gasteiger partial charge in [-0.05, 0) is 50.3 Å². The minimum absolute atomic E-state index is 0.0259. The van der Waals surface area contributed by atoms with Crippen LogP contribution in [0.2, 0.25) is 25.7 Å². The average Bonchev–Trinajstić information content (AvgIpc) is 3.14. The highest BCUT2D eigenvalue weighted by molar-refractivity contribution is 6.76. The zero-order valence-corrected chi connectivity index (χ0v) is 17.0. The van der Waals surface area contributed by atoms with Gasteiger partial charge < -0.3 is 14.7 Å². The van der Waals surface area contributed by atoms with Crippen LogP contribution in [0.4, 0.5) is 0 Å². The van der Waals surface area contributed by atoms with E-state index in [0.717, 1.165) is 30.2 Å². The number of hydrogen-bond donors (Lipinski definition) is 1. The Bertz CT molecular complexity index is 804. The molecule has 1 saturated carbocycles. The number of aryl methyl sites for hydroxylation is 1. The molecule has 0 amide bonds. The summed E-state index contributed by atoms with van der Waals surface area (Å²) in [5.41, 5.74) is 1.52. The third kappa shape index (κ3) is 4.20. The zero-order chi connectivity index (χ0) is 18.9. The SMILES string of the molecule is Cc1cc(OC2CCCC2)cc2c1c(C(=O)O)nn2OCC[Si](C)(C)C. The van der Waals surface area contributed by atoms with Crippen LogP contribution in [0.1, 0.15) is 41.7 Å². The second-order valence-electron chi connectivity index (χ2n) is 8.33. The number of fused-ring (bicyclic) bond motifs is 1. The molecule has 0 bridgehead atoms. The van der Waals surface area contributed by atoms with E-state index in [4.69, 9.17) is 9.57 Å². The van der Waals surface area contributed by atoms with Crippen molar-refractivity contribution in [2.24, 2.45) is 0 Å². The molecule has 7 heteroatoms. The van der Waals surface area contributed by atoms with E-state index in [1.54, 1.807) is 0 Å². The molecule has 1 aliphatic rings. The summed E-state index contributed by atoms with van der Waals surface area (Å²) in [6.07, 6.45) is 4.79. The summed E-state index contributed by atoms with van der Waals surface area (Å²) in [5.74, 6) is -0.288. The standard InChI is InChI=1S/C19H28N2O4Si/c1-13-11-15(25-14-7-5-6-8-14)12-16-17(13)18(19(22)23)20-21(16)24-9-10-26(2,3)4/h11-12,14H,5-10H2,1-4H3,(H,22,23). The smallest absolute Gasteiger partial charge is 0.357 e. The summed E-state index contributed by atoms with van der Waals surface area (Å²) in [6, 6.07) is 4.74. The lowest BCUT2D eigenvalue weighted by Crippen LogP contribution is -2.25. The molecule has 1 aliphatic carbocycles. The van der Waals surface area contributed by atoms with Gasteiger partial charge in [0.15, 0.2) is 5.69 Å². The van der Waals surface area contributed by atoms with Crippen molar-refractivity contribution < 1.29 is 19.5 Å². The first-order valence-corrected chi connectivity index (χ1v) is 13.0. The first-order chi connectivity index (χ1) is 12.2. The highest BCUT2D eigenvalue weighted by atomic mass is 28.3. The number of aromatic carboxylic acids is 1. The highest BCUT2D eigenvalue weighted by Crippen LogP contribution is 2.30. The van der Waals surface area contributed by atoms with Crippen molar-refractivity contribution in [1.82, 2.24) is 9.94 Å². The van der Waals surface area contributed by atoms with E-state index in [0.29, 0.717) is 17.5 Å². The monoisotopic (exact) mass is 376 g/mol. The van der Waals surface area contributed by atoms with E-state index >= 15 is 0 Å². The van der Waals surface area contributed by atoms with Crippen molar-refractivity contribution in [2.45, 2.75) is 64.4 Å². The van der Waals surface area contributed by atoms with E-state index in [1.807, 2.05) is 19.1 Å². The Balaban J connectivity index is 1.93. The number of ether oxygens (including phenoxy) is 1. The average molecular weight is 377 g/mol. The third-order valence-corrected chi connectivity index (χ3v) is 6.50. The molecule has 0 spiro atoms. The molecule has 1 heterocycles. The van der Waals surface area contributed by atoms with Gasteiger partial charge in [-0.1, -0.05) is 24.5 Å². The zero-order valence-electron chi connectivity index (χ0n) is 16.0. The summed E-state index contributed by atoms with van der Waals surface area (Å²) in [5, 5.41) is 14.3. The van der Waals surface area contributed by atoms with Gasteiger partial charge in [-0.3, -0.25) is 0 Å². The number of carbonyl (C=O) groups is 1. The van der Waals surface area contributed by atoms with Crippen LogP contribution in [0.15, 0.2) is 12.1 Å². The fourth-order valence-corrected chi connectivity index (χ4v) is 4.05. The predicted octanol–water partition coefficient (Wildman–Crippen LogP) is 4.13. The van der Waals surface area contributed by atoms with Gasteiger partial charge in [-0.15, -0.1) is 5.10 Å². The topological polar surface area (TPSA) is 73.6 Å². The van der Waals surface area contributed by atoms with Gasteiger partial charge in [0.1, 0.15) is 17.9 Å². The van der Waals surface area contributed by atoms with Gasteiger partial charge in [0.05, 0.1) is 6.10 Å². The predicted molar refractivity (Wildman–Crippen MR) is 104 cm³/mol. The van der Waals surface area contributed by atoms with Crippen molar-refractivity contribution in [2.75, 3.05) is 6.61 Å². The van der Waals surface area contributed by atoms with Crippen molar-refractivity contribution in [1.29, 1.82) is 0 Å². The second kappa shape index (κ2) is 7.30. The molecule has 3 rings (SSSR count). The van der Waals surface area contributed by atoms with Gasteiger partial charge in [0, 0.05) is 19.5 Å². The van der Waals surface area contributed by atoms with E-state index in [-0.39, 0.29) is 11.8 Å². The normalized spacial score (nSPS) is 15.5. The number of nitrogens with zero attached hydrogens (tertiary/aromatic N) is 2. The molecular formula is C19H28N2O4Si. The van der Waals surface area contributed by atoms with E-state index < -0.39 is 14.0 Å². The fourth-order valence-electron chi connectivity index (χ4n) is 3.34. The Morgan fingerprint density at radius 1 is 1.31 bits per heavy atom. The van der Waals surface area contributed by atoms with Crippen LogP contribution in [0.3, 0.4) is 0 Å². The van der Waals surface area contributed by atoms with Crippen LogP contribution < -0.4 is 9.57 Å². The number of rotatable bonds is 7. The summed E-state index contributed by atoms with van der Waals surface area (Å²) in [7, 11) is -1.25. The quantitative estimate of drug-likeness (QED) is 0.736. The first-order valence-electron chi connectivity index (χ1n) is 9.31. The van der Waals surface area contributed by atoms with Crippen LogP contribution >= 0.6 is 0 Å². The first kappa shape index (κ1) is 18.8. The Morgan fingerprint density at radius 2 is 2.00 bits per heavy atom. The summed E-state index contributed by atoms with van der Waals surface area (Å²) in [6.45, 7) is 9.25. The molecule has 1 fully saturated rings. The van der Waals surface area contributed by atoms with Crippen molar-refractivity contribution in [3.8, 4) is 5.75 Å². The summed E-state index contributed by atoms with van der Waals surface area (Å²) >= 11 is 0. The van der Waals surface area contributed by atoms with Gasteiger partial charge >= 0.3 is 5.97 Å². The number of carboxylic acid groups (broad SMARTS) is 1. The van der Waals surface area contributed by atoms with Crippen molar-refractivity contribution >= 4 is 24.9 Å². The maximum atomic E-state index is 11.6. The molecule has 1 aromatic carbocycles. The molecule has 0 unspecified atom stereocenters. The summed E-state index contributed by atoms with van der Waals surface area (Å²) < 4.78 is 6.11. The van der Waals surface area contributed by atoms with Crippen LogP contribution in [0.5, 0.6) is 5.75 Å². The van der Waals surface area contributed by atoms with Crippen molar-refractivity contribution in [3.05, 3.63) is 23.4 Å². The third-order valence-electron chi connectivity index (χ3n) is 4.80. The van der Waals surface area contributed by atoms with E-state index in [2.05, 4.69) is 24.7 Å². The fraction of sp³-hybridized carbons (Fsp3) is 0.579. The number of hydrogen-bond acceptors (Lipinski definition) is 4. The maximum absolute atomic E-state index is 11.6. The van der Waals surface area contributed by atoms with E-state index in [9.17, 15) is 9.90 Å². The Labute approximate surface area is 155 Å². The van der Waals surface area contributed by atoms with Crippen LogP contribution in [0.25, 0.3) is 10.9 Å². The number of carboxylic acids is 1. The van der Waals surface area contributed by atoms with Gasteiger partial charge in [0.25, 0.3) is 0 Å². The Kier molecular flexibility index (Phi) is 5.27. The molecule has 142 valence electrons. The van der Waals surface area contributed by atoms with Crippen molar-refractivity contribution in [3.63, 3.8) is 0 Å². The lowest BCUT2D eigenvalue weighted by Gasteiger charge is -2.16. The summed E-state index contributed by atoms with van der Waals surface area (Å²) in [4.78, 5) is 18.8. The molecule has 26 heavy (non-hydrogen) atoms. The van der Waals surface area contributed by atoms with Gasteiger partial charge in [-0.25, -0.2) is 4.79 Å².